The average Bonchev–Trinajstić information content (AvgIpc) is 3.32. The van der Waals surface area contributed by atoms with Crippen LogP contribution in [0.4, 0.5) is 8.78 Å². The molecule has 10 heteroatoms. The molecule has 6 rings (SSSR count). The molecule has 0 N–H and O–H groups in total. The first-order valence-corrected chi connectivity index (χ1v) is 14.7. The van der Waals surface area contributed by atoms with Gasteiger partial charge in [0.2, 0.25) is 21.9 Å². The number of ether oxygens (including phenoxy) is 2. The van der Waals surface area contributed by atoms with Gasteiger partial charge in [0.1, 0.15) is 17.5 Å². The minimum Gasteiger partial charge on any atom is -0.497 e. The summed E-state index contributed by atoms with van der Waals surface area (Å²) in [6, 6.07) is 10.8. The molecule has 7 nitrogen and oxygen atoms in total. The molecule has 38 heavy (non-hydrogen) atoms. The summed E-state index contributed by atoms with van der Waals surface area (Å²) in [5.74, 6) is -1.60. The van der Waals surface area contributed by atoms with Crippen LogP contribution >= 0.6 is 0 Å². The number of alkyl halides is 2. The number of hydrogen-bond acceptors (Lipinski definition) is 5. The molecule has 3 atom stereocenters. The normalized spacial score (nSPS) is 26.3. The van der Waals surface area contributed by atoms with Crippen molar-refractivity contribution in [2.45, 2.75) is 68.0 Å². The molecule has 0 aromatic heterocycles. The second-order valence-corrected chi connectivity index (χ2v) is 12.8. The van der Waals surface area contributed by atoms with E-state index in [1.807, 2.05) is 18.2 Å². The quantitative estimate of drug-likeness (QED) is 0.519. The summed E-state index contributed by atoms with van der Waals surface area (Å²) in [4.78, 5) is 16.0. The Balaban J connectivity index is 1.30. The lowest BCUT2D eigenvalue weighted by Crippen LogP contribution is -2.53. The van der Waals surface area contributed by atoms with E-state index in [2.05, 4.69) is 0 Å². The molecule has 3 fully saturated rings. The zero-order chi connectivity index (χ0) is 26.7. The van der Waals surface area contributed by atoms with Crippen molar-refractivity contribution in [2.24, 2.45) is 11.8 Å². The minimum atomic E-state index is -3.93. The minimum absolute atomic E-state index is 0.0496. The smallest absolute Gasteiger partial charge is 0.248 e. The SMILES string of the molecule is COc1ccc(S(=O)(=O)N2C[C@H]3C[C@H]3[C@H]2C(=O)N(Cc2ccc3c(c2)OCC3)C2CCC(F)(F)CC2)cc1. The van der Waals surface area contributed by atoms with Gasteiger partial charge in [0.05, 0.1) is 18.6 Å². The molecule has 4 aliphatic rings. The molecule has 0 spiro atoms. The number of carbonyl (C=O) groups is 1. The van der Waals surface area contributed by atoms with Gasteiger partial charge in [0.15, 0.2) is 0 Å². The molecule has 2 heterocycles. The van der Waals surface area contributed by atoms with E-state index >= 15 is 0 Å². The number of sulfonamides is 1. The van der Waals surface area contributed by atoms with Gasteiger partial charge in [-0.15, -0.1) is 0 Å². The number of halogens is 2. The topological polar surface area (TPSA) is 76.2 Å². The third-order valence-electron chi connectivity index (χ3n) is 8.55. The van der Waals surface area contributed by atoms with Crippen LogP contribution in [0.3, 0.4) is 0 Å². The largest absolute Gasteiger partial charge is 0.497 e. The van der Waals surface area contributed by atoms with Crippen LogP contribution in [-0.2, 0) is 27.8 Å². The van der Waals surface area contributed by atoms with E-state index in [4.69, 9.17) is 9.47 Å². The Morgan fingerprint density at radius 1 is 1.16 bits per heavy atom. The van der Waals surface area contributed by atoms with E-state index < -0.39 is 22.0 Å². The van der Waals surface area contributed by atoms with Gasteiger partial charge < -0.3 is 14.4 Å². The highest BCUT2D eigenvalue weighted by Crippen LogP contribution is 2.52. The highest BCUT2D eigenvalue weighted by atomic mass is 32.2. The van der Waals surface area contributed by atoms with Crippen molar-refractivity contribution in [3.63, 3.8) is 0 Å². The standard InChI is InChI=1S/C28H32F2N2O5S/c1-36-22-4-6-23(7-5-22)38(34,35)32-17-20-15-24(20)26(32)27(33)31(21-8-11-28(29,30)12-9-21)16-18-2-3-19-10-13-37-25(19)14-18/h2-7,14,20-21,24,26H,8-13,15-17H2,1H3/t20-,24-,26+/m1/s1. The summed E-state index contributed by atoms with van der Waals surface area (Å²) < 4.78 is 67.6. The second kappa shape index (κ2) is 9.48. The van der Waals surface area contributed by atoms with Gasteiger partial charge in [-0.25, -0.2) is 17.2 Å². The van der Waals surface area contributed by atoms with Crippen molar-refractivity contribution in [1.82, 2.24) is 9.21 Å². The molecule has 2 aliphatic carbocycles. The van der Waals surface area contributed by atoms with Gasteiger partial charge >= 0.3 is 0 Å². The van der Waals surface area contributed by atoms with Gasteiger partial charge in [-0.2, -0.15) is 4.31 Å². The molecule has 0 radical (unpaired) electrons. The van der Waals surface area contributed by atoms with Crippen molar-refractivity contribution < 1.29 is 31.5 Å². The van der Waals surface area contributed by atoms with E-state index in [9.17, 15) is 22.0 Å². The molecule has 2 aromatic carbocycles. The monoisotopic (exact) mass is 546 g/mol. The summed E-state index contributed by atoms with van der Waals surface area (Å²) in [5, 5.41) is 0. The Morgan fingerprint density at radius 2 is 1.89 bits per heavy atom. The van der Waals surface area contributed by atoms with Crippen LogP contribution in [0, 0.1) is 11.8 Å². The first-order valence-electron chi connectivity index (χ1n) is 13.2. The molecular formula is C28H32F2N2O5S. The van der Waals surface area contributed by atoms with Gasteiger partial charge in [-0.1, -0.05) is 12.1 Å². The van der Waals surface area contributed by atoms with Crippen molar-refractivity contribution in [3.05, 3.63) is 53.6 Å². The fraction of sp³-hybridized carbons (Fsp3) is 0.536. The lowest BCUT2D eigenvalue weighted by molar-refractivity contribution is -0.141. The summed E-state index contributed by atoms with van der Waals surface area (Å²) >= 11 is 0. The Labute approximate surface area is 221 Å². The van der Waals surface area contributed by atoms with Crippen LogP contribution in [0.25, 0.3) is 0 Å². The summed E-state index contributed by atoms with van der Waals surface area (Å²) in [6.07, 6.45) is 1.45. The number of benzene rings is 2. The lowest BCUT2D eigenvalue weighted by atomic mass is 9.90. The molecule has 0 bridgehead atoms. The third kappa shape index (κ3) is 4.66. The molecule has 2 aromatic rings. The molecule has 2 saturated carbocycles. The van der Waals surface area contributed by atoms with Crippen LogP contribution in [0.2, 0.25) is 0 Å². The van der Waals surface area contributed by atoms with Crippen LogP contribution in [0.5, 0.6) is 11.5 Å². The maximum Gasteiger partial charge on any atom is 0.248 e. The van der Waals surface area contributed by atoms with Crippen LogP contribution < -0.4 is 9.47 Å². The number of amides is 1. The fourth-order valence-electron chi connectivity index (χ4n) is 6.26. The van der Waals surface area contributed by atoms with E-state index in [1.54, 1.807) is 17.0 Å². The number of nitrogens with zero attached hydrogens (tertiary/aromatic N) is 2. The highest BCUT2D eigenvalue weighted by Gasteiger charge is 2.60. The molecule has 1 amide bonds. The Bertz CT molecular complexity index is 1320. The molecule has 204 valence electrons. The molecule has 2 aliphatic heterocycles. The Kier molecular flexibility index (Phi) is 6.38. The zero-order valence-corrected chi connectivity index (χ0v) is 22.1. The summed E-state index contributed by atoms with van der Waals surface area (Å²) in [7, 11) is -2.42. The Morgan fingerprint density at radius 3 is 2.61 bits per heavy atom. The lowest BCUT2D eigenvalue weighted by Gasteiger charge is -2.39. The number of fused-ring (bicyclic) bond motifs is 2. The van der Waals surface area contributed by atoms with E-state index in [0.29, 0.717) is 18.9 Å². The molecule has 0 unspecified atom stereocenters. The first-order chi connectivity index (χ1) is 18.2. The van der Waals surface area contributed by atoms with Crippen molar-refractivity contribution in [2.75, 3.05) is 20.3 Å². The predicted octanol–water partition coefficient (Wildman–Crippen LogP) is 4.25. The summed E-state index contributed by atoms with van der Waals surface area (Å²) in [6.45, 7) is 1.14. The van der Waals surface area contributed by atoms with Gasteiger partial charge in [-0.05, 0) is 72.6 Å². The first kappa shape index (κ1) is 25.6. The van der Waals surface area contributed by atoms with Crippen molar-refractivity contribution in [3.8, 4) is 11.5 Å². The number of carbonyl (C=O) groups excluding carboxylic acids is 1. The maximum absolute atomic E-state index is 14.3. The van der Waals surface area contributed by atoms with E-state index in [1.165, 1.54) is 23.5 Å². The molecule has 1 saturated heterocycles. The van der Waals surface area contributed by atoms with E-state index in [-0.39, 0.29) is 60.9 Å². The maximum atomic E-state index is 14.3. The molecular weight excluding hydrogens is 514 g/mol. The van der Waals surface area contributed by atoms with Gasteiger partial charge in [-0.3, -0.25) is 4.79 Å². The number of methoxy groups -OCH3 is 1. The average molecular weight is 547 g/mol. The predicted molar refractivity (Wildman–Crippen MR) is 136 cm³/mol. The number of rotatable bonds is 7. The number of hydrogen-bond donors (Lipinski definition) is 0. The van der Waals surface area contributed by atoms with Crippen LogP contribution in [0.15, 0.2) is 47.4 Å². The summed E-state index contributed by atoms with van der Waals surface area (Å²) in [5.41, 5.74) is 1.96. The van der Waals surface area contributed by atoms with Crippen molar-refractivity contribution >= 4 is 15.9 Å². The highest BCUT2D eigenvalue weighted by molar-refractivity contribution is 7.89. The number of piperidine rings is 1. The van der Waals surface area contributed by atoms with Gasteiger partial charge in [0, 0.05) is 38.4 Å². The Hall–Kier alpha value is -2.72. The van der Waals surface area contributed by atoms with Crippen molar-refractivity contribution in [1.29, 1.82) is 0 Å². The van der Waals surface area contributed by atoms with E-state index in [0.717, 1.165) is 29.7 Å². The van der Waals surface area contributed by atoms with Crippen LogP contribution in [-0.4, -0.2) is 61.8 Å². The van der Waals surface area contributed by atoms with Crippen LogP contribution in [0.1, 0.15) is 43.2 Å². The third-order valence-corrected chi connectivity index (χ3v) is 10.4. The fourth-order valence-corrected chi connectivity index (χ4v) is 7.95. The zero-order valence-electron chi connectivity index (χ0n) is 21.3. The second-order valence-electron chi connectivity index (χ2n) is 10.9. The van der Waals surface area contributed by atoms with Gasteiger partial charge in [0.25, 0.3) is 0 Å².